The number of aromatic nitrogens is 1. The Morgan fingerprint density at radius 1 is 1.61 bits per heavy atom. The summed E-state index contributed by atoms with van der Waals surface area (Å²) in [5.41, 5.74) is 0.972. The van der Waals surface area contributed by atoms with Crippen LogP contribution >= 0.6 is 11.3 Å². The van der Waals surface area contributed by atoms with Gasteiger partial charge in [-0.3, -0.25) is 14.9 Å². The molecule has 0 saturated carbocycles. The second-order valence-corrected chi connectivity index (χ2v) is 5.32. The summed E-state index contributed by atoms with van der Waals surface area (Å²) in [5.74, 6) is 0.0917. The average Bonchev–Trinajstić information content (AvgIpc) is 2.78. The molecule has 2 rings (SSSR count). The largest absolute Gasteiger partial charge is 0.353 e. The molecule has 0 aliphatic carbocycles. The molecule has 1 aromatic heterocycles. The fourth-order valence-corrected chi connectivity index (χ4v) is 2.43. The molecule has 0 aromatic carbocycles. The van der Waals surface area contributed by atoms with Crippen LogP contribution in [0.25, 0.3) is 0 Å². The summed E-state index contributed by atoms with van der Waals surface area (Å²) >= 11 is 1.41. The highest BCUT2D eigenvalue weighted by molar-refractivity contribution is 7.13. The third-order valence-corrected chi connectivity index (χ3v) is 3.45. The van der Waals surface area contributed by atoms with Crippen LogP contribution in [0, 0.1) is 0 Å². The van der Waals surface area contributed by atoms with Gasteiger partial charge in [-0.1, -0.05) is 13.8 Å². The van der Waals surface area contributed by atoms with Gasteiger partial charge in [0.25, 0.3) is 0 Å². The maximum Gasteiger partial charge on any atom is 0.245 e. The molecule has 1 saturated heterocycles. The number of piperazine rings is 1. The Bertz CT molecular complexity index is 448. The van der Waals surface area contributed by atoms with Crippen molar-refractivity contribution in [3.63, 3.8) is 0 Å². The molecule has 1 unspecified atom stereocenters. The summed E-state index contributed by atoms with van der Waals surface area (Å²) in [6.45, 7) is 4.60. The zero-order chi connectivity index (χ0) is 13.1. The van der Waals surface area contributed by atoms with Crippen LogP contribution in [0.4, 0.5) is 5.13 Å². The quantitative estimate of drug-likeness (QED) is 0.736. The molecule has 18 heavy (non-hydrogen) atoms. The Morgan fingerprint density at radius 3 is 2.94 bits per heavy atom. The minimum Gasteiger partial charge on any atom is -0.353 e. The van der Waals surface area contributed by atoms with Crippen molar-refractivity contribution < 1.29 is 9.59 Å². The number of carbonyl (C=O) groups is 2. The normalized spacial score (nSPS) is 19.7. The van der Waals surface area contributed by atoms with Crippen LogP contribution in [0.5, 0.6) is 0 Å². The van der Waals surface area contributed by atoms with Crippen molar-refractivity contribution in [2.24, 2.45) is 0 Å². The second kappa shape index (κ2) is 5.45. The van der Waals surface area contributed by atoms with E-state index in [2.05, 4.69) is 34.8 Å². The Balaban J connectivity index is 1.92. The molecule has 1 atom stereocenters. The van der Waals surface area contributed by atoms with Crippen LogP contribution in [0.2, 0.25) is 0 Å². The van der Waals surface area contributed by atoms with E-state index in [1.165, 1.54) is 11.3 Å². The number of thiazole rings is 1. The minimum absolute atomic E-state index is 0.0876. The molecule has 1 aliphatic rings. The van der Waals surface area contributed by atoms with Crippen LogP contribution in [-0.4, -0.2) is 35.9 Å². The van der Waals surface area contributed by atoms with Crippen molar-refractivity contribution in [1.82, 2.24) is 15.6 Å². The lowest BCUT2D eigenvalue weighted by Gasteiger charge is -2.22. The number of nitrogens with one attached hydrogen (secondary N) is 3. The highest BCUT2D eigenvalue weighted by Crippen LogP contribution is 2.21. The maximum atomic E-state index is 11.9. The number of hydrogen-bond acceptors (Lipinski definition) is 5. The molecular weight excluding hydrogens is 252 g/mol. The van der Waals surface area contributed by atoms with Gasteiger partial charge in [-0.25, -0.2) is 4.98 Å². The topological polar surface area (TPSA) is 83.1 Å². The van der Waals surface area contributed by atoms with Crippen molar-refractivity contribution in [2.75, 3.05) is 18.4 Å². The van der Waals surface area contributed by atoms with E-state index in [-0.39, 0.29) is 18.4 Å². The highest BCUT2D eigenvalue weighted by Gasteiger charge is 2.24. The lowest BCUT2D eigenvalue weighted by atomic mass is 10.2. The van der Waals surface area contributed by atoms with E-state index in [4.69, 9.17) is 0 Å². The number of nitrogens with zero attached hydrogens (tertiary/aromatic N) is 1. The smallest absolute Gasteiger partial charge is 0.245 e. The molecule has 1 aliphatic heterocycles. The SMILES string of the molecule is CC(C)c1csc(NC(=O)C2CNC(=O)CN2)n1. The van der Waals surface area contributed by atoms with Crippen molar-refractivity contribution in [1.29, 1.82) is 0 Å². The zero-order valence-corrected chi connectivity index (χ0v) is 11.1. The van der Waals surface area contributed by atoms with Crippen LogP contribution in [-0.2, 0) is 9.59 Å². The maximum absolute atomic E-state index is 11.9. The molecule has 2 amide bonds. The number of rotatable bonds is 3. The van der Waals surface area contributed by atoms with E-state index in [0.29, 0.717) is 17.6 Å². The minimum atomic E-state index is -0.394. The molecule has 3 N–H and O–H groups in total. The molecule has 1 aromatic rings. The van der Waals surface area contributed by atoms with Crippen LogP contribution in [0.3, 0.4) is 0 Å². The summed E-state index contributed by atoms with van der Waals surface area (Å²) in [6.07, 6.45) is 0. The number of anilines is 1. The predicted molar refractivity (Wildman–Crippen MR) is 69.6 cm³/mol. The van der Waals surface area contributed by atoms with Crippen molar-refractivity contribution in [3.8, 4) is 0 Å². The standard InChI is InChI=1S/C11H16N4O2S/c1-6(2)8-5-18-11(14-8)15-10(17)7-3-13-9(16)4-12-7/h5-7,12H,3-4H2,1-2H3,(H,13,16)(H,14,15,17). The Hall–Kier alpha value is -1.47. The summed E-state index contributed by atoms with van der Waals surface area (Å²) in [5, 5.41) is 10.8. The van der Waals surface area contributed by atoms with Crippen LogP contribution in [0.1, 0.15) is 25.5 Å². The lowest BCUT2D eigenvalue weighted by molar-refractivity contribution is -0.124. The third-order valence-electron chi connectivity index (χ3n) is 2.67. The zero-order valence-electron chi connectivity index (χ0n) is 10.3. The van der Waals surface area contributed by atoms with E-state index in [1.54, 1.807) is 0 Å². The summed E-state index contributed by atoms with van der Waals surface area (Å²) in [4.78, 5) is 27.2. The second-order valence-electron chi connectivity index (χ2n) is 4.46. The molecule has 2 heterocycles. The van der Waals surface area contributed by atoms with E-state index in [1.807, 2.05) is 5.38 Å². The van der Waals surface area contributed by atoms with Gasteiger partial charge in [-0.15, -0.1) is 11.3 Å². The van der Waals surface area contributed by atoms with Gasteiger partial charge >= 0.3 is 0 Å². The lowest BCUT2D eigenvalue weighted by Crippen LogP contribution is -2.56. The van der Waals surface area contributed by atoms with E-state index < -0.39 is 6.04 Å². The van der Waals surface area contributed by atoms with Crippen LogP contribution in [0.15, 0.2) is 5.38 Å². The van der Waals surface area contributed by atoms with Crippen molar-refractivity contribution >= 4 is 28.3 Å². The summed E-state index contributed by atoms with van der Waals surface area (Å²) in [7, 11) is 0. The van der Waals surface area contributed by atoms with E-state index >= 15 is 0 Å². The third kappa shape index (κ3) is 3.05. The summed E-state index contributed by atoms with van der Waals surface area (Å²) in [6, 6.07) is -0.394. The predicted octanol–water partition coefficient (Wildman–Crippen LogP) is 0.293. The van der Waals surface area contributed by atoms with Gasteiger partial charge < -0.3 is 10.6 Å². The molecule has 1 fully saturated rings. The van der Waals surface area contributed by atoms with Gasteiger partial charge in [0.15, 0.2) is 5.13 Å². The average molecular weight is 268 g/mol. The monoisotopic (exact) mass is 268 g/mol. The van der Waals surface area contributed by atoms with Gasteiger partial charge in [-0.05, 0) is 5.92 Å². The highest BCUT2D eigenvalue weighted by atomic mass is 32.1. The van der Waals surface area contributed by atoms with Crippen LogP contribution < -0.4 is 16.0 Å². The molecule has 6 nitrogen and oxygen atoms in total. The Kier molecular flexibility index (Phi) is 3.93. The fraction of sp³-hybridized carbons (Fsp3) is 0.545. The van der Waals surface area contributed by atoms with E-state index in [0.717, 1.165) is 5.69 Å². The van der Waals surface area contributed by atoms with E-state index in [9.17, 15) is 9.59 Å². The molecule has 0 bridgehead atoms. The van der Waals surface area contributed by atoms with Gasteiger partial charge in [0.05, 0.1) is 12.2 Å². The van der Waals surface area contributed by atoms with Crippen molar-refractivity contribution in [3.05, 3.63) is 11.1 Å². The van der Waals surface area contributed by atoms with Crippen molar-refractivity contribution in [2.45, 2.75) is 25.8 Å². The first-order valence-corrected chi connectivity index (χ1v) is 6.70. The summed E-state index contributed by atoms with van der Waals surface area (Å²) < 4.78 is 0. The first-order chi connectivity index (χ1) is 8.56. The molecule has 98 valence electrons. The fourth-order valence-electron chi connectivity index (χ4n) is 1.55. The number of hydrogen-bond donors (Lipinski definition) is 3. The first kappa shape index (κ1) is 13.0. The number of carbonyl (C=O) groups excluding carboxylic acids is 2. The molecule has 0 radical (unpaired) electrons. The van der Waals surface area contributed by atoms with Gasteiger partial charge in [0.1, 0.15) is 6.04 Å². The van der Waals surface area contributed by atoms with Gasteiger partial charge in [0, 0.05) is 11.9 Å². The molecular formula is C11H16N4O2S. The Labute approximate surface area is 109 Å². The first-order valence-electron chi connectivity index (χ1n) is 5.82. The number of amides is 2. The molecule has 7 heteroatoms. The Morgan fingerprint density at radius 2 is 2.39 bits per heavy atom. The van der Waals surface area contributed by atoms with Gasteiger partial charge in [-0.2, -0.15) is 0 Å². The van der Waals surface area contributed by atoms with Gasteiger partial charge in [0.2, 0.25) is 11.8 Å². The molecule has 0 spiro atoms.